The summed E-state index contributed by atoms with van der Waals surface area (Å²) >= 11 is 0. The van der Waals surface area contributed by atoms with Crippen LogP contribution in [0.3, 0.4) is 0 Å². The number of ether oxygens (including phenoxy) is 1. The Labute approximate surface area is 159 Å². The van der Waals surface area contributed by atoms with E-state index in [2.05, 4.69) is 9.97 Å². The van der Waals surface area contributed by atoms with E-state index in [1.165, 1.54) is 29.6 Å². The number of carbonyl (C=O) groups is 2. The number of Topliss-reactive ketones (excluding diaryl/α,β-unsaturated/α-hetero) is 1. The Balaban J connectivity index is 2.04. The Morgan fingerprint density at radius 1 is 1.18 bits per heavy atom. The fourth-order valence-electron chi connectivity index (χ4n) is 3.29. The summed E-state index contributed by atoms with van der Waals surface area (Å²) in [6, 6.07) is 0. The van der Waals surface area contributed by atoms with Gasteiger partial charge >= 0.3 is 11.7 Å². The zero-order valence-corrected chi connectivity index (χ0v) is 16.3. The number of hydrogen-bond donors (Lipinski definition) is 1. The molecule has 0 aliphatic heterocycles. The predicted molar refractivity (Wildman–Crippen MR) is 101 cm³/mol. The minimum Gasteiger partial charge on any atom is -0.462 e. The smallest absolute Gasteiger partial charge is 0.340 e. The summed E-state index contributed by atoms with van der Waals surface area (Å²) < 4.78 is 8.66. The van der Waals surface area contributed by atoms with Gasteiger partial charge in [-0.25, -0.2) is 14.6 Å². The van der Waals surface area contributed by atoms with Crippen LogP contribution in [-0.2, 0) is 25.4 Å². The van der Waals surface area contributed by atoms with Crippen LogP contribution in [0.4, 0.5) is 0 Å². The van der Waals surface area contributed by atoms with Crippen molar-refractivity contribution in [1.82, 2.24) is 23.7 Å². The molecule has 0 amide bonds. The van der Waals surface area contributed by atoms with Crippen LogP contribution in [0, 0.1) is 13.8 Å². The molecule has 0 fully saturated rings. The second-order valence-corrected chi connectivity index (χ2v) is 6.52. The number of aryl methyl sites for hydroxylation is 2. The van der Waals surface area contributed by atoms with Crippen LogP contribution in [-0.4, -0.2) is 42.0 Å². The van der Waals surface area contributed by atoms with Crippen LogP contribution in [0.2, 0.25) is 0 Å². The van der Waals surface area contributed by atoms with Crippen LogP contribution in [0.5, 0.6) is 0 Å². The van der Waals surface area contributed by atoms with Crippen molar-refractivity contribution in [2.24, 2.45) is 14.1 Å². The third-order valence-electron chi connectivity index (χ3n) is 4.73. The highest BCUT2D eigenvalue weighted by Crippen LogP contribution is 2.20. The molecule has 1 N–H and O–H groups in total. The lowest BCUT2D eigenvalue weighted by Gasteiger charge is -2.06. The molecule has 3 rings (SSSR count). The number of nitrogens with one attached hydrogen (secondary N) is 1. The van der Waals surface area contributed by atoms with E-state index in [0.29, 0.717) is 16.8 Å². The van der Waals surface area contributed by atoms with E-state index in [1.54, 1.807) is 20.8 Å². The van der Waals surface area contributed by atoms with Crippen molar-refractivity contribution < 1.29 is 14.3 Å². The molecule has 0 spiro atoms. The summed E-state index contributed by atoms with van der Waals surface area (Å²) in [5, 5.41) is 0. The maximum atomic E-state index is 12.9. The van der Waals surface area contributed by atoms with E-state index in [0.717, 1.165) is 4.57 Å². The molecule has 0 aliphatic rings. The van der Waals surface area contributed by atoms with Crippen molar-refractivity contribution in [3.8, 4) is 0 Å². The highest BCUT2D eigenvalue weighted by molar-refractivity contribution is 6.01. The van der Waals surface area contributed by atoms with Gasteiger partial charge in [-0.05, 0) is 26.3 Å². The summed E-state index contributed by atoms with van der Waals surface area (Å²) in [4.78, 5) is 56.5. The van der Waals surface area contributed by atoms with Crippen LogP contribution >= 0.6 is 0 Å². The molecular weight excluding hydrogens is 366 g/mol. The molecule has 0 radical (unpaired) electrons. The zero-order chi connectivity index (χ0) is 20.7. The average molecular weight is 387 g/mol. The number of H-pyrrole nitrogens is 1. The highest BCUT2D eigenvalue weighted by atomic mass is 16.5. The minimum atomic E-state index is -0.532. The van der Waals surface area contributed by atoms with Crippen molar-refractivity contribution in [3.63, 3.8) is 0 Å². The number of hydrogen-bond acceptors (Lipinski definition) is 6. The number of rotatable bonds is 5. The predicted octanol–water partition coefficient (Wildman–Crippen LogP) is 0.438. The molecule has 0 aliphatic carbocycles. The summed E-state index contributed by atoms with van der Waals surface area (Å²) in [5.41, 5.74) is 0.956. The van der Waals surface area contributed by atoms with Crippen LogP contribution < -0.4 is 11.2 Å². The molecule has 0 aromatic carbocycles. The van der Waals surface area contributed by atoms with Crippen LogP contribution in [0.25, 0.3) is 11.2 Å². The van der Waals surface area contributed by atoms with Gasteiger partial charge in [-0.1, -0.05) is 0 Å². The van der Waals surface area contributed by atoms with Crippen LogP contribution in [0.1, 0.15) is 39.0 Å². The highest BCUT2D eigenvalue weighted by Gasteiger charge is 2.24. The Bertz CT molecular complexity index is 1220. The number of imidazole rings is 1. The average Bonchev–Trinajstić information content (AvgIpc) is 3.19. The number of ketones is 1. The van der Waals surface area contributed by atoms with E-state index in [1.807, 2.05) is 0 Å². The number of nitrogens with zero attached hydrogens (tertiary/aromatic N) is 4. The standard InChI is InChI=1S/C18H21N5O5/c1-6-28-17(26)12-9(2)13(20-10(12)3)11(24)7-23-8-19-15-14(23)16(25)22(5)18(27)21(15)4/h8,20H,6-7H2,1-5H3. The molecule has 0 unspecified atom stereocenters. The zero-order valence-electron chi connectivity index (χ0n) is 16.3. The van der Waals surface area contributed by atoms with E-state index in [9.17, 15) is 19.2 Å². The number of carbonyl (C=O) groups excluding carboxylic acids is 2. The quantitative estimate of drug-likeness (QED) is 0.501. The van der Waals surface area contributed by atoms with Gasteiger partial charge in [0.2, 0.25) is 0 Å². The third-order valence-corrected chi connectivity index (χ3v) is 4.73. The largest absolute Gasteiger partial charge is 0.462 e. The van der Waals surface area contributed by atoms with Crippen molar-refractivity contribution in [3.05, 3.63) is 49.7 Å². The molecule has 0 saturated carbocycles. The van der Waals surface area contributed by atoms with Crippen LogP contribution in [0.15, 0.2) is 15.9 Å². The molecule has 0 saturated heterocycles. The summed E-state index contributed by atoms with van der Waals surface area (Å²) in [7, 11) is 2.88. The van der Waals surface area contributed by atoms with Gasteiger partial charge in [-0.2, -0.15) is 0 Å². The van der Waals surface area contributed by atoms with Gasteiger partial charge in [0.15, 0.2) is 16.9 Å². The van der Waals surface area contributed by atoms with Crippen molar-refractivity contribution >= 4 is 22.9 Å². The lowest BCUT2D eigenvalue weighted by Crippen LogP contribution is -2.37. The summed E-state index contributed by atoms with van der Waals surface area (Å²) in [6.45, 7) is 5.12. The van der Waals surface area contributed by atoms with E-state index >= 15 is 0 Å². The molecule has 148 valence electrons. The second-order valence-electron chi connectivity index (χ2n) is 6.52. The van der Waals surface area contributed by atoms with Gasteiger partial charge in [0.1, 0.15) is 0 Å². The van der Waals surface area contributed by atoms with Gasteiger partial charge in [0.25, 0.3) is 5.56 Å². The number of aromatic nitrogens is 5. The second kappa shape index (κ2) is 6.95. The first-order valence-electron chi connectivity index (χ1n) is 8.69. The van der Waals surface area contributed by atoms with Crippen molar-refractivity contribution in [1.29, 1.82) is 0 Å². The summed E-state index contributed by atoms with van der Waals surface area (Å²) in [5.74, 6) is -0.823. The molecule has 3 aromatic rings. The normalized spacial score (nSPS) is 11.2. The summed E-state index contributed by atoms with van der Waals surface area (Å²) in [6.07, 6.45) is 1.35. The van der Waals surface area contributed by atoms with Gasteiger partial charge < -0.3 is 14.3 Å². The SMILES string of the molecule is CCOC(=O)c1c(C)[nH]c(C(=O)Cn2cnc3c2c(=O)n(C)c(=O)n3C)c1C. The molecule has 3 heterocycles. The van der Waals surface area contributed by atoms with E-state index < -0.39 is 17.2 Å². The molecule has 0 atom stereocenters. The number of aromatic amines is 1. The molecule has 10 nitrogen and oxygen atoms in total. The minimum absolute atomic E-state index is 0.157. The van der Waals surface area contributed by atoms with Gasteiger partial charge in [-0.3, -0.25) is 18.7 Å². The topological polar surface area (TPSA) is 121 Å². The fraction of sp³-hybridized carbons (Fsp3) is 0.389. The molecular formula is C18H21N5O5. The molecule has 28 heavy (non-hydrogen) atoms. The maximum Gasteiger partial charge on any atom is 0.340 e. The number of fused-ring (bicyclic) bond motifs is 1. The fourth-order valence-corrected chi connectivity index (χ4v) is 3.29. The molecule has 10 heteroatoms. The Hall–Kier alpha value is -3.43. The van der Waals surface area contributed by atoms with Gasteiger partial charge in [0.05, 0.1) is 30.7 Å². The third kappa shape index (κ3) is 2.86. The van der Waals surface area contributed by atoms with Gasteiger partial charge in [0, 0.05) is 19.8 Å². The Morgan fingerprint density at radius 3 is 2.50 bits per heavy atom. The molecule has 3 aromatic heterocycles. The maximum absolute atomic E-state index is 12.9. The number of esters is 1. The lowest BCUT2D eigenvalue weighted by atomic mass is 10.1. The van der Waals surface area contributed by atoms with E-state index in [-0.39, 0.29) is 35.8 Å². The first-order valence-corrected chi connectivity index (χ1v) is 8.69. The molecule has 0 bridgehead atoms. The van der Waals surface area contributed by atoms with Gasteiger partial charge in [-0.15, -0.1) is 0 Å². The lowest BCUT2D eigenvalue weighted by molar-refractivity contribution is 0.0525. The Morgan fingerprint density at radius 2 is 1.86 bits per heavy atom. The first-order chi connectivity index (χ1) is 13.2. The monoisotopic (exact) mass is 387 g/mol. The first kappa shape index (κ1) is 19.3. The van der Waals surface area contributed by atoms with Crippen molar-refractivity contribution in [2.45, 2.75) is 27.3 Å². The Kier molecular flexibility index (Phi) is 4.80. The van der Waals surface area contributed by atoms with E-state index in [4.69, 9.17) is 4.74 Å². The van der Waals surface area contributed by atoms with Crippen molar-refractivity contribution in [2.75, 3.05) is 6.61 Å².